The van der Waals surface area contributed by atoms with Crippen LogP contribution in [0.4, 0.5) is 0 Å². The molecule has 3 heterocycles. The molecule has 3 fully saturated rings. The second-order valence-corrected chi connectivity index (χ2v) is 16.9. The zero-order valence-electron chi connectivity index (χ0n) is 35.3. The van der Waals surface area contributed by atoms with Crippen LogP contribution in [0.2, 0.25) is 0 Å². The van der Waals surface area contributed by atoms with Crippen molar-refractivity contribution >= 4 is 84.4 Å². The third-order valence-electron chi connectivity index (χ3n) is 11.0. The molecule has 0 aliphatic carbocycles. The molecule has 62 heavy (non-hydrogen) atoms. The largest absolute Gasteiger partial charge is 0.480 e. The van der Waals surface area contributed by atoms with E-state index in [-0.39, 0.29) is 94.5 Å². The number of amides is 8. The van der Waals surface area contributed by atoms with E-state index in [1.807, 2.05) is 13.8 Å². The van der Waals surface area contributed by atoms with Gasteiger partial charge in [-0.25, -0.2) is 4.79 Å². The molecule has 3 rings (SSSR count). The van der Waals surface area contributed by atoms with Crippen molar-refractivity contribution < 1.29 is 48.3 Å². The van der Waals surface area contributed by atoms with Crippen LogP contribution in [0.1, 0.15) is 84.5 Å². The third kappa shape index (κ3) is 14.6. The Kier molecular flexibility index (Phi) is 20.5. The highest BCUT2D eigenvalue weighted by Gasteiger charge is 2.43. The van der Waals surface area contributed by atoms with Crippen molar-refractivity contribution in [2.45, 2.75) is 133 Å². The number of primary amides is 1. The number of aliphatic carboxylic acids is 1. The first-order chi connectivity index (χ1) is 29.3. The Bertz CT molecular complexity index is 1680. The Balaban J connectivity index is 1.82. The summed E-state index contributed by atoms with van der Waals surface area (Å²) in [5.74, 6) is -6.75. The van der Waals surface area contributed by atoms with Gasteiger partial charge in [0.1, 0.15) is 42.3 Å². The lowest BCUT2D eigenvalue weighted by Gasteiger charge is -2.33. The van der Waals surface area contributed by atoms with Crippen LogP contribution >= 0.6 is 25.3 Å². The summed E-state index contributed by atoms with van der Waals surface area (Å²) in [6.45, 7) is 4.32. The number of guanidine groups is 1. The quantitative estimate of drug-likeness (QED) is 0.0206. The molecule has 0 bridgehead atoms. The molecule has 0 radical (unpaired) electrons. The lowest BCUT2D eigenvalue weighted by Crippen LogP contribution is -2.59. The van der Waals surface area contributed by atoms with Gasteiger partial charge in [-0.3, -0.25) is 43.3 Å². The van der Waals surface area contributed by atoms with Crippen LogP contribution in [0, 0.1) is 5.92 Å². The molecular formula is C38H64N12O10S2. The number of hydrogen-bond acceptors (Lipinski definition) is 13. The first-order valence-corrected chi connectivity index (χ1v) is 22.2. The topological polar surface area (TPSA) is 348 Å². The van der Waals surface area contributed by atoms with Gasteiger partial charge in [-0.1, -0.05) is 13.8 Å². The van der Waals surface area contributed by atoms with Crippen LogP contribution in [0.15, 0.2) is 4.99 Å². The van der Waals surface area contributed by atoms with Gasteiger partial charge in [0.25, 0.3) is 0 Å². The summed E-state index contributed by atoms with van der Waals surface area (Å²) in [4.78, 5) is 127. The number of rotatable bonds is 23. The summed E-state index contributed by atoms with van der Waals surface area (Å²) in [5, 5.41) is 20.0. The van der Waals surface area contributed by atoms with E-state index in [4.69, 9.17) is 22.9 Å². The number of likely N-dealkylation sites (tertiary alicyclic amines) is 3. The zero-order chi connectivity index (χ0) is 46.3. The summed E-state index contributed by atoms with van der Waals surface area (Å²) in [6.07, 6.45) is 2.12. The summed E-state index contributed by atoms with van der Waals surface area (Å²) in [5.41, 5.74) is 22.3. The van der Waals surface area contributed by atoms with E-state index in [1.165, 1.54) is 14.7 Å². The second kappa shape index (κ2) is 24.7. The Labute approximate surface area is 372 Å². The van der Waals surface area contributed by atoms with Gasteiger partial charge in [0.15, 0.2) is 5.96 Å². The summed E-state index contributed by atoms with van der Waals surface area (Å²) in [7, 11) is 0. The van der Waals surface area contributed by atoms with Crippen molar-refractivity contribution in [3.05, 3.63) is 0 Å². The van der Waals surface area contributed by atoms with Crippen molar-refractivity contribution in [1.82, 2.24) is 36.0 Å². The standard InChI is InChI=1S/C38H64N12O10S2/c1-20(2)17-24(30(52)47-25(19-62)37(59)60)46-33(55)28-10-6-15-49(28)35(57)22(7-3-13-43-38(41)42)44-32(54)27-9-5-16-50(27)36(58)23(11-12-29(40)51)45-31(53)26-8-4-14-48(26)34(56)21(39)18-61/h20-28,61-62H,3-19,39H2,1-2H3,(H2,40,51)(H,44,54)(H,45,53)(H,46,55)(H,47,52)(H,59,60)(H4,41,42,43)/t21-,22-,23-,24-,25-,26-,27-,28-/m0/s1. The Morgan fingerprint density at radius 3 is 1.52 bits per heavy atom. The Morgan fingerprint density at radius 2 is 1.11 bits per heavy atom. The summed E-state index contributed by atoms with van der Waals surface area (Å²) < 4.78 is 0. The first-order valence-electron chi connectivity index (χ1n) is 21.0. The number of carbonyl (C=O) groups is 9. The number of hydrogen-bond donors (Lipinski definition) is 11. The number of nitrogens with two attached hydrogens (primary N) is 4. The van der Waals surface area contributed by atoms with Crippen molar-refractivity contribution in [3.63, 3.8) is 0 Å². The number of thiol groups is 2. The molecule has 0 aromatic carbocycles. The van der Waals surface area contributed by atoms with E-state index in [9.17, 15) is 48.3 Å². The molecular weight excluding hydrogens is 849 g/mol. The molecule has 13 N–H and O–H groups in total. The van der Waals surface area contributed by atoms with Gasteiger partial charge < -0.3 is 64.0 Å². The smallest absolute Gasteiger partial charge is 0.327 e. The molecule has 22 nitrogen and oxygen atoms in total. The highest BCUT2D eigenvalue weighted by Crippen LogP contribution is 2.24. The number of carbonyl (C=O) groups excluding carboxylic acids is 8. The van der Waals surface area contributed by atoms with Gasteiger partial charge in [0, 0.05) is 44.1 Å². The summed E-state index contributed by atoms with van der Waals surface area (Å²) in [6, 6.07) is -8.86. The van der Waals surface area contributed by atoms with Crippen LogP contribution in [-0.2, 0) is 43.2 Å². The number of aliphatic imine (C=N–C) groups is 1. The number of nitrogens with one attached hydrogen (secondary N) is 4. The molecule has 3 saturated heterocycles. The fourth-order valence-electron chi connectivity index (χ4n) is 7.87. The minimum atomic E-state index is -1.29. The lowest BCUT2D eigenvalue weighted by molar-refractivity contribution is -0.145. The number of carboxylic acid groups (broad SMARTS) is 1. The highest BCUT2D eigenvalue weighted by atomic mass is 32.1. The second-order valence-electron chi connectivity index (χ2n) is 16.2. The molecule has 24 heteroatoms. The first kappa shape index (κ1) is 51.5. The van der Waals surface area contributed by atoms with Crippen LogP contribution < -0.4 is 44.2 Å². The summed E-state index contributed by atoms with van der Waals surface area (Å²) >= 11 is 8.08. The fourth-order valence-corrected chi connectivity index (χ4v) is 8.27. The van der Waals surface area contributed by atoms with Crippen LogP contribution in [0.25, 0.3) is 0 Å². The predicted molar refractivity (Wildman–Crippen MR) is 233 cm³/mol. The van der Waals surface area contributed by atoms with E-state index in [0.29, 0.717) is 25.7 Å². The maximum absolute atomic E-state index is 14.3. The Hall–Kier alpha value is -4.84. The lowest BCUT2D eigenvalue weighted by atomic mass is 10.0. The highest BCUT2D eigenvalue weighted by molar-refractivity contribution is 7.80. The van der Waals surface area contributed by atoms with E-state index < -0.39 is 102 Å². The SMILES string of the molecule is CC(C)C[C@H](NC(=O)[C@@H]1CCCN1C(=O)[C@H](CCCN=C(N)N)NC(=O)[C@@H]1CCCN1C(=O)[C@H](CCC(N)=O)NC(=O)[C@@H]1CCCN1C(=O)[C@@H](N)CS)C(=O)N[C@@H](CS)C(=O)O. The van der Waals surface area contributed by atoms with Gasteiger partial charge >= 0.3 is 5.97 Å². The fraction of sp³-hybridized carbons (Fsp3) is 0.737. The van der Waals surface area contributed by atoms with Crippen LogP contribution in [0.5, 0.6) is 0 Å². The normalized spacial score (nSPS) is 21.0. The Morgan fingerprint density at radius 1 is 0.661 bits per heavy atom. The third-order valence-corrected chi connectivity index (χ3v) is 11.8. The van der Waals surface area contributed by atoms with Crippen molar-refractivity contribution in [2.75, 3.05) is 37.7 Å². The van der Waals surface area contributed by atoms with E-state index in [0.717, 1.165) is 0 Å². The average Bonchev–Trinajstić information content (AvgIpc) is 4.02. The zero-order valence-corrected chi connectivity index (χ0v) is 37.1. The van der Waals surface area contributed by atoms with Gasteiger partial charge in [0.05, 0.1) is 6.04 Å². The van der Waals surface area contributed by atoms with Gasteiger partial charge in [-0.05, 0) is 70.1 Å². The van der Waals surface area contributed by atoms with Crippen LogP contribution in [-0.4, -0.2) is 165 Å². The molecule has 3 aliphatic heterocycles. The number of carboxylic acids is 1. The minimum absolute atomic E-state index is 0.0380. The maximum atomic E-state index is 14.3. The molecule has 0 spiro atoms. The van der Waals surface area contributed by atoms with Gasteiger partial charge in [0.2, 0.25) is 47.3 Å². The van der Waals surface area contributed by atoms with Gasteiger partial charge in [-0.2, -0.15) is 25.3 Å². The maximum Gasteiger partial charge on any atom is 0.327 e. The molecule has 0 saturated carbocycles. The van der Waals surface area contributed by atoms with Crippen molar-refractivity contribution in [3.8, 4) is 0 Å². The number of nitrogens with zero attached hydrogens (tertiary/aromatic N) is 4. The molecule has 0 aromatic heterocycles. The van der Waals surface area contributed by atoms with Crippen molar-refractivity contribution in [1.29, 1.82) is 0 Å². The van der Waals surface area contributed by atoms with E-state index in [1.54, 1.807) is 0 Å². The molecule has 348 valence electrons. The van der Waals surface area contributed by atoms with Gasteiger partial charge in [-0.15, -0.1) is 0 Å². The monoisotopic (exact) mass is 912 g/mol. The average molecular weight is 913 g/mol. The van der Waals surface area contributed by atoms with E-state index in [2.05, 4.69) is 51.5 Å². The molecule has 0 aromatic rings. The molecule has 8 amide bonds. The molecule has 8 atom stereocenters. The molecule has 0 unspecified atom stereocenters. The van der Waals surface area contributed by atoms with E-state index >= 15 is 0 Å². The van der Waals surface area contributed by atoms with Crippen LogP contribution in [0.3, 0.4) is 0 Å². The van der Waals surface area contributed by atoms with Crippen molar-refractivity contribution in [2.24, 2.45) is 33.8 Å². The minimum Gasteiger partial charge on any atom is -0.480 e. The molecule has 3 aliphatic rings. The predicted octanol–water partition coefficient (Wildman–Crippen LogP) is -3.46.